The number of nitrogens with zero attached hydrogens (tertiary/aromatic N) is 4. The predicted octanol–water partition coefficient (Wildman–Crippen LogP) is 13.1. The molecule has 0 fully saturated rings. The molecule has 5 nitrogen and oxygen atoms in total. The number of aromatic nitrogens is 4. The number of benzene rings is 8. The molecule has 8 aromatic carbocycles. The van der Waals surface area contributed by atoms with Crippen LogP contribution in [0.1, 0.15) is 0 Å². The van der Waals surface area contributed by atoms with Crippen molar-refractivity contribution in [3.05, 3.63) is 194 Å². The number of hydrogen-bond acceptors (Lipinski definition) is 4. The summed E-state index contributed by atoms with van der Waals surface area (Å²) in [5, 5.41) is 2.45. The van der Waals surface area contributed by atoms with E-state index in [1.807, 2.05) is 72.8 Å². The van der Waals surface area contributed by atoms with E-state index in [0.717, 1.165) is 67.3 Å². The van der Waals surface area contributed by atoms with Crippen molar-refractivity contribution in [1.82, 2.24) is 19.5 Å². The highest BCUT2D eigenvalue weighted by molar-refractivity contribution is 6.10. The highest BCUT2D eigenvalue weighted by atomic mass is 16.5. The number of ether oxygens (including phenoxy) is 1. The van der Waals surface area contributed by atoms with Crippen LogP contribution >= 0.6 is 0 Å². The predicted molar refractivity (Wildman–Crippen MR) is 227 cm³/mol. The van der Waals surface area contributed by atoms with Gasteiger partial charge in [0, 0.05) is 44.3 Å². The largest absolute Gasteiger partial charge is 0.456 e. The van der Waals surface area contributed by atoms with Gasteiger partial charge in [-0.25, -0.2) is 15.0 Å². The first-order valence-electron chi connectivity index (χ1n) is 18.8. The summed E-state index contributed by atoms with van der Waals surface area (Å²) in [6.07, 6.45) is 0. The van der Waals surface area contributed by atoms with Gasteiger partial charge in [-0.2, -0.15) is 0 Å². The fourth-order valence-corrected chi connectivity index (χ4v) is 7.99. The molecule has 56 heavy (non-hydrogen) atoms. The van der Waals surface area contributed by atoms with E-state index < -0.39 is 0 Å². The van der Waals surface area contributed by atoms with Crippen molar-refractivity contribution in [3.63, 3.8) is 0 Å². The third kappa shape index (κ3) is 5.37. The van der Waals surface area contributed by atoms with Gasteiger partial charge in [0.1, 0.15) is 11.5 Å². The van der Waals surface area contributed by atoms with E-state index in [4.69, 9.17) is 19.7 Å². The van der Waals surface area contributed by atoms with Crippen LogP contribution in [-0.2, 0) is 0 Å². The number of rotatable bonds is 5. The summed E-state index contributed by atoms with van der Waals surface area (Å²) < 4.78 is 9.13. The SMILES string of the molecule is c1ccc(-c2nc(-c3ccccc3)nc(-c3ccc4c(c3)-c3ccccc3-c3cc(-c5ccc6c(c5)c5ccccc5n6-c5ccccc5)ccc3O4)n2)cc1. The van der Waals surface area contributed by atoms with Crippen LogP contribution in [0.4, 0.5) is 0 Å². The second-order valence-corrected chi connectivity index (χ2v) is 14.0. The second-order valence-electron chi connectivity index (χ2n) is 14.0. The average molecular weight is 717 g/mol. The van der Waals surface area contributed by atoms with Crippen LogP contribution < -0.4 is 4.74 Å². The minimum atomic E-state index is 0.603. The Morgan fingerprint density at radius 2 is 0.786 bits per heavy atom. The first-order chi connectivity index (χ1) is 27.7. The smallest absolute Gasteiger partial charge is 0.164 e. The molecule has 11 rings (SSSR count). The van der Waals surface area contributed by atoms with Crippen LogP contribution in [0.5, 0.6) is 11.5 Å². The van der Waals surface area contributed by atoms with Crippen molar-refractivity contribution < 1.29 is 4.74 Å². The first-order valence-corrected chi connectivity index (χ1v) is 18.8. The van der Waals surface area contributed by atoms with Crippen molar-refractivity contribution in [2.24, 2.45) is 0 Å². The van der Waals surface area contributed by atoms with E-state index in [0.29, 0.717) is 17.5 Å². The molecule has 0 bridgehead atoms. The first kappa shape index (κ1) is 31.9. The van der Waals surface area contributed by atoms with Gasteiger partial charge < -0.3 is 9.30 Å². The van der Waals surface area contributed by atoms with Gasteiger partial charge in [-0.1, -0.05) is 133 Å². The molecule has 0 saturated carbocycles. The van der Waals surface area contributed by atoms with Gasteiger partial charge in [0.15, 0.2) is 17.5 Å². The average Bonchev–Trinajstić information content (AvgIpc) is 3.53. The van der Waals surface area contributed by atoms with E-state index in [2.05, 4.69) is 126 Å². The molecule has 1 aliphatic heterocycles. The topological polar surface area (TPSA) is 52.8 Å². The van der Waals surface area contributed by atoms with E-state index in [1.165, 1.54) is 21.8 Å². The molecule has 0 radical (unpaired) electrons. The van der Waals surface area contributed by atoms with Gasteiger partial charge in [0.25, 0.3) is 0 Å². The molecular formula is C51H32N4O. The maximum absolute atomic E-state index is 6.78. The number of para-hydroxylation sites is 2. The van der Waals surface area contributed by atoms with Crippen molar-refractivity contribution in [2.45, 2.75) is 0 Å². The minimum Gasteiger partial charge on any atom is -0.456 e. The summed E-state index contributed by atoms with van der Waals surface area (Å²) in [5.74, 6) is 3.45. The minimum absolute atomic E-state index is 0.603. The number of hydrogen-bond donors (Lipinski definition) is 0. The monoisotopic (exact) mass is 716 g/mol. The van der Waals surface area contributed by atoms with Crippen LogP contribution in [0.25, 0.3) is 95.0 Å². The van der Waals surface area contributed by atoms with Gasteiger partial charge in [-0.3, -0.25) is 0 Å². The molecule has 3 heterocycles. The molecule has 0 N–H and O–H groups in total. The third-order valence-corrected chi connectivity index (χ3v) is 10.7. The fraction of sp³-hybridized carbons (Fsp3) is 0. The maximum Gasteiger partial charge on any atom is 0.164 e. The number of fused-ring (bicyclic) bond motifs is 8. The Morgan fingerprint density at radius 1 is 0.321 bits per heavy atom. The lowest BCUT2D eigenvalue weighted by Gasteiger charge is -2.12. The summed E-state index contributed by atoms with van der Waals surface area (Å²) in [7, 11) is 0. The highest BCUT2D eigenvalue weighted by Crippen LogP contribution is 2.49. The maximum atomic E-state index is 6.78. The molecular weight excluding hydrogens is 685 g/mol. The summed E-state index contributed by atoms with van der Waals surface area (Å²) in [6, 6.07) is 67.5. The van der Waals surface area contributed by atoms with Crippen LogP contribution in [0, 0.1) is 0 Å². The lowest BCUT2D eigenvalue weighted by molar-refractivity contribution is 0.488. The van der Waals surface area contributed by atoms with Gasteiger partial charge in [0.2, 0.25) is 0 Å². The zero-order valence-corrected chi connectivity index (χ0v) is 30.2. The molecule has 5 heteroatoms. The molecule has 262 valence electrons. The van der Waals surface area contributed by atoms with Crippen molar-refractivity contribution in [1.29, 1.82) is 0 Å². The summed E-state index contributed by atoms with van der Waals surface area (Å²) in [4.78, 5) is 14.9. The van der Waals surface area contributed by atoms with Crippen LogP contribution in [0.3, 0.4) is 0 Å². The highest BCUT2D eigenvalue weighted by Gasteiger charge is 2.23. The second kappa shape index (κ2) is 13.0. The molecule has 0 aliphatic carbocycles. The molecule has 0 unspecified atom stereocenters. The molecule has 0 spiro atoms. The van der Waals surface area contributed by atoms with Crippen molar-refractivity contribution in [3.8, 4) is 84.7 Å². The Balaban J connectivity index is 1.03. The third-order valence-electron chi connectivity index (χ3n) is 10.7. The zero-order chi connectivity index (χ0) is 37.0. The van der Waals surface area contributed by atoms with E-state index in [1.54, 1.807) is 0 Å². The Hall–Kier alpha value is -7.63. The molecule has 2 aromatic heterocycles. The molecule has 0 saturated heterocycles. The van der Waals surface area contributed by atoms with Gasteiger partial charge in [-0.05, 0) is 82.9 Å². The summed E-state index contributed by atoms with van der Waals surface area (Å²) >= 11 is 0. The van der Waals surface area contributed by atoms with E-state index in [-0.39, 0.29) is 0 Å². The zero-order valence-electron chi connectivity index (χ0n) is 30.2. The normalized spacial score (nSPS) is 11.7. The lowest BCUT2D eigenvalue weighted by atomic mass is 9.92. The van der Waals surface area contributed by atoms with Gasteiger partial charge >= 0.3 is 0 Å². The Kier molecular flexibility index (Phi) is 7.42. The van der Waals surface area contributed by atoms with E-state index in [9.17, 15) is 0 Å². The van der Waals surface area contributed by atoms with Crippen LogP contribution in [0.2, 0.25) is 0 Å². The van der Waals surface area contributed by atoms with Crippen LogP contribution in [-0.4, -0.2) is 19.5 Å². The molecule has 1 aliphatic rings. The Labute approximate surface area is 323 Å². The molecule has 0 amide bonds. The summed E-state index contributed by atoms with van der Waals surface area (Å²) in [5.41, 5.74) is 12.8. The molecule has 0 atom stereocenters. The van der Waals surface area contributed by atoms with E-state index >= 15 is 0 Å². The summed E-state index contributed by atoms with van der Waals surface area (Å²) in [6.45, 7) is 0. The Morgan fingerprint density at radius 3 is 1.43 bits per heavy atom. The standard InChI is InChI=1S/C51H32N4O/c1-4-14-33(15-5-1)49-52-50(34-16-6-2-7-17-34)54-51(53-49)37-26-29-48-44(32-37)40-21-11-10-20-39(40)43-31-36(25-28-47(43)56-48)35-24-27-46-42(30-35)41-22-12-13-23-45(41)55(46)38-18-8-3-9-19-38/h1-32H. The van der Waals surface area contributed by atoms with Crippen molar-refractivity contribution >= 4 is 21.8 Å². The van der Waals surface area contributed by atoms with Gasteiger partial charge in [-0.15, -0.1) is 0 Å². The Bertz CT molecular complexity index is 3040. The lowest BCUT2D eigenvalue weighted by Crippen LogP contribution is -2.00. The van der Waals surface area contributed by atoms with Crippen LogP contribution in [0.15, 0.2) is 194 Å². The van der Waals surface area contributed by atoms with Gasteiger partial charge in [0.05, 0.1) is 11.0 Å². The van der Waals surface area contributed by atoms with Crippen molar-refractivity contribution in [2.75, 3.05) is 0 Å². The fourth-order valence-electron chi connectivity index (χ4n) is 7.99. The molecule has 10 aromatic rings. The quantitative estimate of drug-likeness (QED) is 0.178.